The van der Waals surface area contributed by atoms with E-state index in [2.05, 4.69) is 0 Å². The van der Waals surface area contributed by atoms with E-state index in [1.165, 1.54) is 12.1 Å². The molecule has 4 nitrogen and oxygen atoms in total. The lowest BCUT2D eigenvalue weighted by Crippen LogP contribution is -2.40. The van der Waals surface area contributed by atoms with E-state index in [0.717, 1.165) is 6.08 Å². The topological polar surface area (TPSA) is 72.5 Å². The summed E-state index contributed by atoms with van der Waals surface area (Å²) in [4.78, 5) is 10.9. The molecule has 102 valence electrons. The van der Waals surface area contributed by atoms with Gasteiger partial charge in [-0.2, -0.15) is 13.2 Å². The van der Waals surface area contributed by atoms with Gasteiger partial charge in [0.1, 0.15) is 0 Å². The van der Waals surface area contributed by atoms with E-state index in [1.807, 2.05) is 0 Å². The monoisotopic (exact) mass is 293 g/mol. The number of ether oxygens (including phenoxy) is 1. The number of nitrogen functional groups attached to an aromatic ring is 1. The Bertz CT molecular complexity index is 583. The second-order valence-corrected chi connectivity index (χ2v) is 4.29. The molecule has 0 bridgehead atoms. The first-order valence-corrected chi connectivity index (χ1v) is 5.35. The van der Waals surface area contributed by atoms with E-state index in [-0.39, 0.29) is 22.0 Å². The van der Waals surface area contributed by atoms with Crippen LogP contribution in [-0.4, -0.2) is 23.4 Å². The summed E-state index contributed by atoms with van der Waals surface area (Å²) < 4.78 is 43.0. The van der Waals surface area contributed by atoms with E-state index in [9.17, 15) is 18.0 Å². The molecule has 0 aliphatic carbocycles. The molecule has 1 aliphatic heterocycles. The Morgan fingerprint density at radius 1 is 1.42 bits per heavy atom. The standard InChI is InChI=1S/C11H7ClF3NO3/c12-5-1-4-2-6(10(17)18)9(11(13,14)15)19-8(4)7(16)3-5/h1-3,9H,16H2,(H,17,18)/t9-/m0/s1. The van der Waals surface area contributed by atoms with Gasteiger partial charge in [0.2, 0.25) is 6.10 Å². The first-order chi connectivity index (χ1) is 8.70. The van der Waals surface area contributed by atoms with Gasteiger partial charge >= 0.3 is 12.1 Å². The number of benzene rings is 1. The highest BCUT2D eigenvalue weighted by Crippen LogP contribution is 2.41. The van der Waals surface area contributed by atoms with Crippen LogP contribution >= 0.6 is 11.6 Å². The minimum absolute atomic E-state index is 0.0857. The molecule has 0 amide bonds. The van der Waals surface area contributed by atoms with Crippen molar-refractivity contribution in [1.82, 2.24) is 0 Å². The Balaban J connectivity index is 2.61. The summed E-state index contributed by atoms with van der Waals surface area (Å²) in [7, 11) is 0. The van der Waals surface area contributed by atoms with Crippen LogP contribution in [0.1, 0.15) is 5.56 Å². The van der Waals surface area contributed by atoms with Gasteiger partial charge < -0.3 is 15.6 Å². The third-order valence-corrected chi connectivity index (χ3v) is 2.70. The van der Waals surface area contributed by atoms with Crippen molar-refractivity contribution in [3.63, 3.8) is 0 Å². The number of hydrogen-bond acceptors (Lipinski definition) is 3. The fourth-order valence-electron chi connectivity index (χ4n) is 1.72. The van der Waals surface area contributed by atoms with E-state index in [4.69, 9.17) is 27.2 Å². The average molecular weight is 294 g/mol. The summed E-state index contributed by atoms with van der Waals surface area (Å²) in [6.45, 7) is 0. The molecule has 1 atom stereocenters. The van der Waals surface area contributed by atoms with Crippen molar-refractivity contribution in [3.05, 3.63) is 28.3 Å². The zero-order valence-corrected chi connectivity index (χ0v) is 9.92. The summed E-state index contributed by atoms with van der Waals surface area (Å²) in [5, 5.41) is 9.00. The van der Waals surface area contributed by atoms with Gasteiger partial charge in [-0.3, -0.25) is 0 Å². The summed E-state index contributed by atoms with van der Waals surface area (Å²) in [6.07, 6.45) is -6.55. The summed E-state index contributed by atoms with van der Waals surface area (Å²) >= 11 is 5.70. The van der Waals surface area contributed by atoms with Crippen LogP contribution in [0.5, 0.6) is 5.75 Å². The fraction of sp³-hybridized carbons (Fsp3) is 0.182. The number of halogens is 4. The molecule has 0 aromatic heterocycles. The van der Waals surface area contributed by atoms with Crippen LogP contribution in [0.25, 0.3) is 6.08 Å². The second kappa shape index (κ2) is 4.34. The van der Waals surface area contributed by atoms with Gasteiger partial charge in [0.05, 0.1) is 11.3 Å². The quantitative estimate of drug-likeness (QED) is 0.781. The van der Waals surface area contributed by atoms with Crippen LogP contribution in [0.2, 0.25) is 5.02 Å². The second-order valence-electron chi connectivity index (χ2n) is 3.86. The Labute approximate surface area is 110 Å². The number of anilines is 1. The lowest BCUT2D eigenvalue weighted by atomic mass is 10.0. The van der Waals surface area contributed by atoms with Crippen molar-refractivity contribution in [2.24, 2.45) is 0 Å². The Morgan fingerprint density at radius 2 is 2.05 bits per heavy atom. The van der Waals surface area contributed by atoms with Crippen LogP contribution in [0.3, 0.4) is 0 Å². The van der Waals surface area contributed by atoms with Crippen molar-refractivity contribution in [3.8, 4) is 5.75 Å². The van der Waals surface area contributed by atoms with Gasteiger partial charge in [0.25, 0.3) is 0 Å². The Kier molecular flexibility index (Phi) is 3.09. The maximum Gasteiger partial charge on any atom is 0.430 e. The van der Waals surface area contributed by atoms with Gasteiger partial charge in [0, 0.05) is 10.6 Å². The zero-order chi connectivity index (χ0) is 14.4. The van der Waals surface area contributed by atoms with Gasteiger partial charge in [-0.05, 0) is 18.2 Å². The molecule has 1 heterocycles. The Hall–Kier alpha value is -1.89. The highest BCUT2D eigenvalue weighted by Gasteiger charge is 2.48. The zero-order valence-electron chi connectivity index (χ0n) is 9.16. The lowest BCUT2D eigenvalue weighted by molar-refractivity contribution is -0.187. The lowest BCUT2D eigenvalue weighted by Gasteiger charge is -2.27. The molecule has 0 spiro atoms. The number of fused-ring (bicyclic) bond motifs is 1. The van der Waals surface area contributed by atoms with Crippen molar-refractivity contribution < 1.29 is 27.8 Å². The number of nitrogens with two attached hydrogens (primary N) is 1. The van der Waals surface area contributed by atoms with E-state index in [0.29, 0.717) is 0 Å². The molecular weight excluding hydrogens is 287 g/mol. The molecule has 8 heteroatoms. The molecule has 19 heavy (non-hydrogen) atoms. The first-order valence-electron chi connectivity index (χ1n) is 4.97. The van der Waals surface area contributed by atoms with Gasteiger partial charge in [-0.25, -0.2) is 4.79 Å². The molecule has 0 fully saturated rings. The molecule has 3 N–H and O–H groups in total. The molecule has 0 radical (unpaired) electrons. The van der Waals surface area contributed by atoms with Gasteiger partial charge in [-0.1, -0.05) is 11.6 Å². The van der Waals surface area contributed by atoms with Crippen LogP contribution in [0.4, 0.5) is 18.9 Å². The van der Waals surface area contributed by atoms with E-state index in [1.54, 1.807) is 0 Å². The minimum Gasteiger partial charge on any atom is -0.478 e. The predicted octanol–water partition coefficient (Wildman–Crippen LogP) is 2.71. The number of carboxylic acids is 1. The average Bonchev–Trinajstić information content (AvgIpc) is 2.25. The molecule has 0 unspecified atom stereocenters. The van der Waals surface area contributed by atoms with Crippen molar-refractivity contribution in [2.75, 3.05) is 5.73 Å². The van der Waals surface area contributed by atoms with Crippen molar-refractivity contribution >= 4 is 29.3 Å². The van der Waals surface area contributed by atoms with Crippen LogP contribution in [-0.2, 0) is 4.79 Å². The normalized spacial score (nSPS) is 18.3. The number of hydrogen-bond donors (Lipinski definition) is 2. The van der Waals surface area contributed by atoms with E-state index >= 15 is 0 Å². The number of alkyl halides is 3. The predicted molar refractivity (Wildman–Crippen MR) is 61.9 cm³/mol. The molecule has 1 aromatic rings. The Morgan fingerprint density at radius 3 is 2.58 bits per heavy atom. The molecular formula is C11H7ClF3NO3. The number of aliphatic carboxylic acids is 1. The summed E-state index contributed by atoms with van der Waals surface area (Å²) in [5.74, 6) is -1.94. The van der Waals surface area contributed by atoms with Crippen LogP contribution < -0.4 is 10.5 Å². The molecule has 0 saturated heterocycles. The fourth-order valence-corrected chi connectivity index (χ4v) is 1.96. The molecule has 2 rings (SSSR count). The third kappa shape index (κ3) is 2.46. The highest BCUT2D eigenvalue weighted by atomic mass is 35.5. The molecule has 1 aliphatic rings. The summed E-state index contributed by atoms with van der Waals surface area (Å²) in [5.41, 5.74) is 4.61. The van der Waals surface area contributed by atoms with Crippen molar-refractivity contribution in [2.45, 2.75) is 12.3 Å². The number of carboxylic acid groups (broad SMARTS) is 1. The largest absolute Gasteiger partial charge is 0.478 e. The molecule has 1 aromatic carbocycles. The SMILES string of the molecule is Nc1cc(Cl)cc2c1O[C@H](C(F)(F)F)C(C(=O)O)=C2. The number of rotatable bonds is 1. The summed E-state index contributed by atoms with van der Waals surface area (Å²) in [6, 6.07) is 2.51. The van der Waals surface area contributed by atoms with Gasteiger partial charge in [0.15, 0.2) is 5.75 Å². The van der Waals surface area contributed by atoms with Crippen LogP contribution in [0.15, 0.2) is 17.7 Å². The maximum absolute atomic E-state index is 12.8. The van der Waals surface area contributed by atoms with Crippen LogP contribution in [0, 0.1) is 0 Å². The smallest absolute Gasteiger partial charge is 0.430 e. The maximum atomic E-state index is 12.8. The highest BCUT2D eigenvalue weighted by molar-refractivity contribution is 6.31. The van der Waals surface area contributed by atoms with E-state index < -0.39 is 23.8 Å². The van der Waals surface area contributed by atoms with Crippen molar-refractivity contribution in [1.29, 1.82) is 0 Å². The minimum atomic E-state index is -4.85. The third-order valence-electron chi connectivity index (χ3n) is 2.48. The first kappa shape index (κ1) is 13.5. The van der Waals surface area contributed by atoms with Gasteiger partial charge in [-0.15, -0.1) is 0 Å². The molecule has 0 saturated carbocycles. The number of carbonyl (C=O) groups is 1.